The zero-order valence-corrected chi connectivity index (χ0v) is 11.3. The van der Waals surface area contributed by atoms with Gasteiger partial charge in [-0.15, -0.1) is 27.2 Å². The fourth-order valence-corrected chi connectivity index (χ4v) is 1.57. The van der Waals surface area contributed by atoms with Crippen LogP contribution in [0.4, 0.5) is 0 Å². The average molecular weight is 292 g/mol. The number of rotatable bonds is 1. The molecule has 0 N–H and O–H groups in total. The van der Waals surface area contributed by atoms with Crippen LogP contribution in [-0.2, 0) is 6.42 Å². The Morgan fingerprint density at radius 2 is 1.87 bits per heavy atom. The molecule has 0 atom stereocenters. The summed E-state index contributed by atoms with van der Waals surface area (Å²) in [7, 11) is 0. The van der Waals surface area contributed by atoms with E-state index in [1.807, 2.05) is 20.8 Å². The van der Waals surface area contributed by atoms with Gasteiger partial charge in [-0.2, -0.15) is 9.61 Å². The van der Waals surface area contributed by atoms with Gasteiger partial charge in [0.05, 0.1) is 0 Å². The van der Waals surface area contributed by atoms with E-state index in [2.05, 4.69) is 15.3 Å². The molecule has 0 saturated carbocycles. The maximum absolute atomic E-state index is 5.99. The van der Waals surface area contributed by atoms with Crippen LogP contribution in [0.15, 0.2) is 0 Å². The van der Waals surface area contributed by atoms with Crippen molar-refractivity contribution in [1.82, 2.24) is 19.8 Å². The van der Waals surface area contributed by atoms with Gasteiger partial charge >= 0.3 is 0 Å². The predicted molar refractivity (Wildman–Crippen MR) is 65.0 cm³/mol. The first-order valence-corrected chi connectivity index (χ1v) is 4.90. The van der Waals surface area contributed by atoms with Gasteiger partial charge in [-0.1, -0.05) is 18.5 Å². The lowest BCUT2D eigenvalue weighted by Crippen LogP contribution is -2.01. The molecule has 0 bridgehead atoms. The number of aromatic nitrogens is 4. The molecule has 0 spiro atoms. The fraction of sp³-hybridized carbons (Fsp3) is 0.444. The largest absolute Gasteiger partial charge is 0.196 e. The molecule has 0 saturated heterocycles. The van der Waals surface area contributed by atoms with Crippen molar-refractivity contribution in [3.63, 3.8) is 0 Å². The Balaban J connectivity index is 0.00000112. The molecule has 15 heavy (non-hydrogen) atoms. The van der Waals surface area contributed by atoms with Crippen molar-refractivity contribution in [1.29, 1.82) is 0 Å². The minimum absolute atomic E-state index is 0. The SMILES string of the molecule is Br.CCc1nnc2c(C)c(C)c(Cl)nn12. The summed E-state index contributed by atoms with van der Waals surface area (Å²) in [5.41, 5.74) is 2.80. The van der Waals surface area contributed by atoms with Gasteiger partial charge in [0.25, 0.3) is 0 Å². The van der Waals surface area contributed by atoms with Crippen LogP contribution in [0.3, 0.4) is 0 Å². The summed E-state index contributed by atoms with van der Waals surface area (Å²) in [4.78, 5) is 0. The smallest absolute Gasteiger partial charge is 0.181 e. The Bertz CT molecular complexity index is 494. The second-order valence-corrected chi connectivity index (χ2v) is 3.60. The van der Waals surface area contributed by atoms with Crippen LogP contribution >= 0.6 is 28.6 Å². The maximum atomic E-state index is 5.99. The molecule has 2 rings (SSSR count). The minimum atomic E-state index is 0. The Morgan fingerprint density at radius 1 is 1.20 bits per heavy atom. The molecule has 0 unspecified atom stereocenters. The van der Waals surface area contributed by atoms with Gasteiger partial charge < -0.3 is 0 Å². The van der Waals surface area contributed by atoms with E-state index < -0.39 is 0 Å². The van der Waals surface area contributed by atoms with Crippen LogP contribution < -0.4 is 0 Å². The molecular weight excluding hydrogens is 279 g/mol. The average Bonchev–Trinajstić information content (AvgIpc) is 2.57. The van der Waals surface area contributed by atoms with E-state index in [1.165, 1.54) is 0 Å². The molecule has 0 aromatic carbocycles. The molecule has 4 nitrogen and oxygen atoms in total. The Hall–Kier alpha value is -0.680. The highest BCUT2D eigenvalue weighted by molar-refractivity contribution is 8.93. The van der Waals surface area contributed by atoms with Gasteiger partial charge in [0.1, 0.15) is 0 Å². The second-order valence-electron chi connectivity index (χ2n) is 3.25. The number of nitrogens with zero attached hydrogens (tertiary/aromatic N) is 4. The third kappa shape index (κ3) is 1.86. The van der Waals surface area contributed by atoms with Crippen molar-refractivity contribution >= 4 is 34.2 Å². The highest BCUT2D eigenvalue weighted by Gasteiger charge is 2.11. The van der Waals surface area contributed by atoms with Gasteiger partial charge in [0.15, 0.2) is 16.6 Å². The number of halogens is 2. The Labute approximate surface area is 103 Å². The van der Waals surface area contributed by atoms with Crippen molar-refractivity contribution in [2.24, 2.45) is 0 Å². The van der Waals surface area contributed by atoms with Crippen LogP contribution in [0.1, 0.15) is 23.9 Å². The molecule has 2 aromatic rings. The summed E-state index contributed by atoms with van der Waals surface area (Å²) in [6, 6.07) is 0. The number of hydrogen-bond donors (Lipinski definition) is 0. The zero-order chi connectivity index (χ0) is 10.3. The molecule has 2 aromatic heterocycles. The van der Waals surface area contributed by atoms with Crippen molar-refractivity contribution < 1.29 is 0 Å². The summed E-state index contributed by atoms with van der Waals surface area (Å²) in [6.07, 6.45) is 0.799. The molecule has 82 valence electrons. The molecule has 0 radical (unpaired) electrons. The van der Waals surface area contributed by atoms with E-state index in [0.29, 0.717) is 5.15 Å². The zero-order valence-electron chi connectivity index (χ0n) is 8.78. The van der Waals surface area contributed by atoms with Gasteiger partial charge in [-0.25, -0.2) is 0 Å². The third-order valence-electron chi connectivity index (χ3n) is 2.42. The molecule has 0 fully saturated rings. The summed E-state index contributed by atoms with van der Waals surface area (Å²) < 4.78 is 1.71. The monoisotopic (exact) mass is 290 g/mol. The summed E-state index contributed by atoms with van der Waals surface area (Å²) in [5.74, 6) is 0.838. The first-order chi connectivity index (χ1) is 6.65. The second kappa shape index (κ2) is 4.45. The number of fused-ring (bicyclic) bond motifs is 1. The van der Waals surface area contributed by atoms with E-state index in [1.54, 1.807) is 4.52 Å². The predicted octanol–water partition coefficient (Wildman–Crippen LogP) is 2.53. The van der Waals surface area contributed by atoms with E-state index >= 15 is 0 Å². The topological polar surface area (TPSA) is 43.1 Å². The van der Waals surface area contributed by atoms with Gasteiger partial charge in [-0.05, 0) is 19.4 Å². The molecule has 0 aliphatic rings. The normalized spacial score (nSPS) is 10.4. The first kappa shape index (κ1) is 12.4. The van der Waals surface area contributed by atoms with Crippen LogP contribution in [0.5, 0.6) is 0 Å². The van der Waals surface area contributed by atoms with Crippen molar-refractivity contribution in [2.75, 3.05) is 0 Å². The van der Waals surface area contributed by atoms with E-state index in [9.17, 15) is 0 Å². The van der Waals surface area contributed by atoms with Gasteiger partial charge in [0.2, 0.25) is 0 Å². The minimum Gasteiger partial charge on any atom is -0.196 e. The maximum Gasteiger partial charge on any atom is 0.181 e. The molecule has 2 heterocycles. The summed E-state index contributed by atoms with van der Waals surface area (Å²) in [5, 5.41) is 12.9. The molecular formula is C9H12BrClN4. The number of aryl methyl sites for hydroxylation is 2. The van der Waals surface area contributed by atoms with E-state index in [4.69, 9.17) is 11.6 Å². The van der Waals surface area contributed by atoms with Crippen molar-refractivity contribution in [2.45, 2.75) is 27.2 Å². The standard InChI is InChI=1S/C9H11ClN4.BrH/c1-4-7-11-12-9-6(3)5(2)8(10)13-14(7)9;/h4H2,1-3H3;1H. The first-order valence-electron chi connectivity index (χ1n) is 4.52. The van der Waals surface area contributed by atoms with Crippen molar-refractivity contribution in [3.05, 3.63) is 22.1 Å². The lowest BCUT2D eigenvalue weighted by atomic mass is 10.2. The highest BCUT2D eigenvalue weighted by atomic mass is 79.9. The van der Waals surface area contributed by atoms with Crippen molar-refractivity contribution in [3.8, 4) is 0 Å². The number of hydrogen-bond acceptors (Lipinski definition) is 3. The van der Waals surface area contributed by atoms with Gasteiger partial charge in [-0.3, -0.25) is 0 Å². The Morgan fingerprint density at radius 3 is 2.47 bits per heavy atom. The summed E-state index contributed by atoms with van der Waals surface area (Å²) >= 11 is 5.99. The Kier molecular flexibility index (Phi) is 3.67. The van der Waals surface area contributed by atoms with E-state index in [-0.39, 0.29) is 17.0 Å². The molecule has 0 aliphatic carbocycles. The van der Waals surface area contributed by atoms with Crippen LogP contribution in [0.25, 0.3) is 5.65 Å². The van der Waals surface area contributed by atoms with Crippen LogP contribution in [0.2, 0.25) is 5.15 Å². The lowest BCUT2D eigenvalue weighted by molar-refractivity contribution is 0.818. The molecule has 0 amide bonds. The van der Waals surface area contributed by atoms with Crippen LogP contribution in [-0.4, -0.2) is 19.8 Å². The summed E-state index contributed by atoms with van der Waals surface area (Å²) in [6.45, 7) is 5.93. The van der Waals surface area contributed by atoms with E-state index in [0.717, 1.165) is 29.0 Å². The van der Waals surface area contributed by atoms with Crippen LogP contribution in [0, 0.1) is 13.8 Å². The highest BCUT2D eigenvalue weighted by Crippen LogP contribution is 2.19. The third-order valence-corrected chi connectivity index (χ3v) is 2.78. The molecule has 0 aliphatic heterocycles. The quantitative estimate of drug-likeness (QED) is 0.811. The lowest BCUT2D eigenvalue weighted by Gasteiger charge is -2.03. The van der Waals surface area contributed by atoms with Gasteiger partial charge in [0, 0.05) is 12.0 Å². The molecule has 6 heteroatoms. The fourth-order valence-electron chi connectivity index (χ4n) is 1.36.